The highest BCUT2D eigenvalue weighted by Crippen LogP contribution is 2.25. The average Bonchev–Trinajstić information content (AvgIpc) is 3.17. The smallest absolute Gasteiger partial charge is 0.223 e. The van der Waals surface area contributed by atoms with E-state index in [4.69, 9.17) is 4.74 Å². The Hall–Kier alpha value is -3.54. The molecule has 25 heavy (non-hydrogen) atoms. The van der Waals surface area contributed by atoms with Gasteiger partial charge in [0.1, 0.15) is 11.6 Å². The van der Waals surface area contributed by atoms with Gasteiger partial charge < -0.3 is 4.74 Å². The van der Waals surface area contributed by atoms with E-state index in [1.54, 1.807) is 23.3 Å². The molecule has 4 aromatic rings. The van der Waals surface area contributed by atoms with E-state index in [1.807, 2.05) is 61.7 Å². The summed E-state index contributed by atoms with van der Waals surface area (Å²) in [5.74, 6) is 1.84. The van der Waals surface area contributed by atoms with E-state index in [0.29, 0.717) is 17.5 Å². The zero-order valence-corrected chi connectivity index (χ0v) is 13.6. The maximum atomic E-state index is 5.89. The van der Waals surface area contributed by atoms with Crippen molar-refractivity contribution in [1.29, 1.82) is 0 Å². The fraction of sp³-hybridized carbons (Fsp3) is 0.0526. The number of hydrogen-bond acceptors (Lipinski definition) is 5. The molecule has 3 heterocycles. The van der Waals surface area contributed by atoms with Gasteiger partial charge in [0.15, 0.2) is 0 Å². The monoisotopic (exact) mass is 329 g/mol. The number of rotatable bonds is 4. The minimum absolute atomic E-state index is 0.498. The van der Waals surface area contributed by atoms with Gasteiger partial charge in [0.2, 0.25) is 5.88 Å². The van der Waals surface area contributed by atoms with Gasteiger partial charge in [0.05, 0.1) is 11.4 Å². The van der Waals surface area contributed by atoms with Gasteiger partial charge in [-0.15, -0.1) is 0 Å². The molecule has 0 spiro atoms. The summed E-state index contributed by atoms with van der Waals surface area (Å²) in [6, 6.07) is 15.2. The standard InChI is InChI=1S/C19H15N5O/c1-14-22-18(15-4-2-9-20-13-15)12-19(23-14)25-17-7-5-16(6-8-17)24-11-3-10-21-24/h2-13H,1H3. The van der Waals surface area contributed by atoms with Crippen LogP contribution in [0.3, 0.4) is 0 Å². The van der Waals surface area contributed by atoms with Crippen molar-refractivity contribution in [3.05, 3.63) is 79.1 Å². The molecule has 4 rings (SSSR count). The van der Waals surface area contributed by atoms with Crippen molar-refractivity contribution in [2.45, 2.75) is 6.92 Å². The summed E-state index contributed by atoms with van der Waals surface area (Å²) in [6.45, 7) is 1.84. The molecule has 0 radical (unpaired) electrons. The van der Waals surface area contributed by atoms with E-state index >= 15 is 0 Å². The number of aryl methyl sites for hydroxylation is 1. The SMILES string of the molecule is Cc1nc(Oc2ccc(-n3cccn3)cc2)cc(-c2cccnc2)n1. The number of pyridine rings is 1. The third-order valence-electron chi connectivity index (χ3n) is 3.60. The number of ether oxygens (including phenoxy) is 1. The van der Waals surface area contributed by atoms with Crippen LogP contribution in [-0.4, -0.2) is 24.7 Å². The first-order valence-corrected chi connectivity index (χ1v) is 7.82. The molecule has 0 saturated carbocycles. The number of aromatic nitrogens is 5. The van der Waals surface area contributed by atoms with Gasteiger partial charge in [-0.3, -0.25) is 4.98 Å². The highest BCUT2D eigenvalue weighted by atomic mass is 16.5. The average molecular weight is 329 g/mol. The molecule has 0 aliphatic heterocycles. The van der Waals surface area contributed by atoms with E-state index in [-0.39, 0.29) is 0 Å². The minimum Gasteiger partial charge on any atom is -0.439 e. The second-order valence-corrected chi connectivity index (χ2v) is 5.43. The fourth-order valence-corrected chi connectivity index (χ4v) is 2.46. The molecule has 0 N–H and O–H groups in total. The summed E-state index contributed by atoms with van der Waals surface area (Å²) in [6.07, 6.45) is 7.14. The van der Waals surface area contributed by atoms with Gasteiger partial charge in [0, 0.05) is 36.4 Å². The molecule has 0 fully saturated rings. The van der Waals surface area contributed by atoms with Crippen molar-refractivity contribution in [1.82, 2.24) is 24.7 Å². The first-order chi connectivity index (χ1) is 12.3. The second-order valence-electron chi connectivity index (χ2n) is 5.43. The molecular formula is C19H15N5O. The van der Waals surface area contributed by atoms with Crippen molar-refractivity contribution in [3.63, 3.8) is 0 Å². The first kappa shape index (κ1) is 15.0. The Balaban J connectivity index is 1.59. The van der Waals surface area contributed by atoms with E-state index in [0.717, 1.165) is 16.9 Å². The molecule has 0 saturated heterocycles. The van der Waals surface area contributed by atoms with Crippen molar-refractivity contribution in [3.8, 4) is 28.6 Å². The van der Waals surface area contributed by atoms with Crippen LogP contribution in [0.25, 0.3) is 16.9 Å². The summed E-state index contributed by atoms with van der Waals surface area (Å²) in [4.78, 5) is 12.9. The molecule has 0 bridgehead atoms. The summed E-state index contributed by atoms with van der Waals surface area (Å²) in [7, 11) is 0. The van der Waals surface area contributed by atoms with Crippen LogP contribution in [0.15, 0.2) is 73.3 Å². The molecule has 0 aliphatic carbocycles. The maximum absolute atomic E-state index is 5.89. The summed E-state index contributed by atoms with van der Waals surface area (Å²) >= 11 is 0. The topological polar surface area (TPSA) is 65.7 Å². The minimum atomic E-state index is 0.498. The molecular weight excluding hydrogens is 314 g/mol. The predicted octanol–water partition coefficient (Wildman–Crippen LogP) is 3.83. The molecule has 6 heteroatoms. The maximum Gasteiger partial charge on any atom is 0.223 e. The van der Waals surface area contributed by atoms with Crippen molar-refractivity contribution in [2.24, 2.45) is 0 Å². The Morgan fingerprint density at radius 1 is 0.960 bits per heavy atom. The Labute approximate surface area is 144 Å². The molecule has 0 amide bonds. The quantitative estimate of drug-likeness (QED) is 0.569. The van der Waals surface area contributed by atoms with E-state index in [2.05, 4.69) is 20.1 Å². The number of hydrogen-bond donors (Lipinski definition) is 0. The lowest BCUT2D eigenvalue weighted by Crippen LogP contribution is -1.97. The third-order valence-corrected chi connectivity index (χ3v) is 3.60. The zero-order chi connectivity index (χ0) is 17.1. The summed E-state index contributed by atoms with van der Waals surface area (Å²) in [5, 5.41) is 4.21. The lowest BCUT2D eigenvalue weighted by atomic mass is 10.2. The molecule has 122 valence electrons. The first-order valence-electron chi connectivity index (χ1n) is 7.82. The number of nitrogens with zero attached hydrogens (tertiary/aromatic N) is 5. The Bertz CT molecular complexity index is 967. The van der Waals surface area contributed by atoms with Gasteiger partial charge >= 0.3 is 0 Å². The van der Waals surface area contributed by atoms with Crippen molar-refractivity contribution < 1.29 is 4.74 Å². The Kier molecular flexibility index (Phi) is 3.92. The molecule has 0 atom stereocenters. The van der Waals surface area contributed by atoms with Crippen molar-refractivity contribution in [2.75, 3.05) is 0 Å². The highest BCUT2D eigenvalue weighted by molar-refractivity contribution is 5.58. The normalized spacial score (nSPS) is 10.6. The molecule has 0 unspecified atom stereocenters. The van der Waals surface area contributed by atoms with Crippen LogP contribution in [-0.2, 0) is 0 Å². The Morgan fingerprint density at radius 2 is 1.84 bits per heavy atom. The number of benzene rings is 1. The summed E-state index contributed by atoms with van der Waals surface area (Å²) in [5.41, 5.74) is 2.67. The van der Waals surface area contributed by atoms with Crippen LogP contribution in [0, 0.1) is 6.92 Å². The van der Waals surface area contributed by atoms with Crippen LogP contribution in [0.2, 0.25) is 0 Å². The summed E-state index contributed by atoms with van der Waals surface area (Å²) < 4.78 is 7.68. The van der Waals surface area contributed by atoms with Crippen LogP contribution in [0.4, 0.5) is 0 Å². The van der Waals surface area contributed by atoms with Gasteiger partial charge in [0.25, 0.3) is 0 Å². The predicted molar refractivity (Wildman–Crippen MR) is 93.6 cm³/mol. The lowest BCUT2D eigenvalue weighted by Gasteiger charge is -2.08. The van der Waals surface area contributed by atoms with Gasteiger partial charge in [-0.25, -0.2) is 9.67 Å². The third kappa shape index (κ3) is 3.37. The zero-order valence-electron chi connectivity index (χ0n) is 13.6. The van der Waals surface area contributed by atoms with E-state index < -0.39 is 0 Å². The lowest BCUT2D eigenvalue weighted by molar-refractivity contribution is 0.460. The fourth-order valence-electron chi connectivity index (χ4n) is 2.46. The highest BCUT2D eigenvalue weighted by Gasteiger charge is 2.07. The van der Waals surface area contributed by atoms with Crippen LogP contribution in [0.5, 0.6) is 11.6 Å². The van der Waals surface area contributed by atoms with Crippen LogP contribution < -0.4 is 4.74 Å². The Morgan fingerprint density at radius 3 is 2.56 bits per heavy atom. The molecule has 1 aromatic carbocycles. The van der Waals surface area contributed by atoms with Gasteiger partial charge in [-0.1, -0.05) is 0 Å². The van der Waals surface area contributed by atoms with E-state index in [1.165, 1.54) is 0 Å². The van der Waals surface area contributed by atoms with E-state index in [9.17, 15) is 0 Å². The molecule has 6 nitrogen and oxygen atoms in total. The molecule has 0 aliphatic rings. The van der Waals surface area contributed by atoms with Gasteiger partial charge in [-0.05, 0) is 49.4 Å². The van der Waals surface area contributed by atoms with Crippen LogP contribution >= 0.6 is 0 Å². The van der Waals surface area contributed by atoms with Crippen molar-refractivity contribution >= 4 is 0 Å². The largest absolute Gasteiger partial charge is 0.439 e. The molecule has 3 aromatic heterocycles. The second kappa shape index (κ2) is 6.52. The van der Waals surface area contributed by atoms with Crippen LogP contribution in [0.1, 0.15) is 5.82 Å². The van der Waals surface area contributed by atoms with Gasteiger partial charge in [-0.2, -0.15) is 10.1 Å².